The van der Waals surface area contributed by atoms with E-state index in [2.05, 4.69) is 243 Å². The zero-order chi connectivity index (χ0) is 41.7. The van der Waals surface area contributed by atoms with Crippen LogP contribution in [-0.4, -0.2) is 0 Å². The molecule has 0 saturated heterocycles. The van der Waals surface area contributed by atoms with E-state index in [0.717, 1.165) is 0 Å². The molecule has 1 heterocycles. The maximum Gasteiger partial charge on any atom is 0.0434 e. The van der Waals surface area contributed by atoms with Gasteiger partial charge in [0.05, 0.1) is 0 Å². The molecule has 0 aliphatic heterocycles. The van der Waals surface area contributed by atoms with Crippen LogP contribution in [0.3, 0.4) is 0 Å². The Morgan fingerprint density at radius 1 is 0.190 bits per heavy atom. The van der Waals surface area contributed by atoms with Gasteiger partial charge in [0.1, 0.15) is 0 Å². The van der Waals surface area contributed by atoms with E-state index >= 15 is 0 Å². The van der Waals surface area contributed by atoms with Crippen LogP contribution in [0.4, 0.5) is 0 Å². The highest BCUT2D eigenvalue weighted by Gasteiger charge is 2.15. The van der Waals surface area contributed by atoms with Crippen molar-refractivity contribution in [3.05, 3.63) is 243 Å². The molecule has 0 amide bonds. The molecule has 0 nitrogen and oxygen atoms in total. The summed E-state index contributed by atoms with van der Waals surface area (Å²) >= 11 is 1.91. The number of hydrogen-bond donors (Lipinski definition) is 0. The largest absolute Gasteiger partial charge is 0.134 e. The topological polar surface area (TPSA) is 0 Å². The fourth-order valence-electron chi connectivity index (χ4n) is 9.52. The zero-order valence-electron chi connectivity index (χ0n) is 34.5. The van der Waals surface area contributed by atoms with E-state index in [-0.39, 0.29) is 0 Å². The summed E-state index contributed by atoms with van der Waals surface area (Å²) in [4.78, 5) is 0. The Kier molecular flexibility index (Phi) is 9.13. The molecule has 1 aromatic heterocycles. The van der Waals surface area contributed by atoms with Gasteiger partial charge in [-0.25, -0.2) is 0 Å². The lowest BCUT2D eigenvalue weighted by molar-refractivity contribution is 1.58. The smallest absolute Gasteiger partial charge is 0.0434 e. The van der Waals surface area contributed by atoms with Crippen molar-refractivity contribution in [2.45, 2.75) is 0 Å². The first-order valence-corrected chi connectivity index (χ1v) is 22.5. The van der Waals surface area contributed by atoms with Crippen LogP contribution < -0.4 is 0 Å². The number of benzene rings is 11. The Bertz CT molecular complexity index is 3650. The number of rotatable bonds is 7. The molecule has 1 heteroatoms. The Morgan fingerprint density at radius 2 is 0.492 bits per heavy atom. The van der Waals surface area contributed by atoms with E-state index in [1.165, 1.54) is 120 Å². The Hall–Kier alpha value is -7.84. The highest BCUT2D eigenvalue weighted by molar-refractivity contribution is 7.26. The fourth-order valence-corrected chi connectivity index (χ4v) is 10.9. The van der Waals surface area contributed by atoms with Crippen LogP contribution in [0.2, 0.25) is 0 Å². The molecule has 0 aliphatic rings. The van der Waals surface area contributed by atoms with Gasteiger partial charge < -0.3 is 0 Å². The molecular formula is C62H40S. The van der Waals surface area contributed by atoms with Crippen LogP contribution in [0.15, 0.2) is 243 Å². The summed E-state index contributed by atoms with van der Waals surface area (Å²) in [6, 6.07) is 89.0. The predicted molar refractivity (Wildman–Crippen MR) is 272 cm³/mol. The molecule has 0 saturated carbocycles. The van der Waals surface area contributed by atoms with Gasteiger partial charge in [0.15, 0.2) is 0 Å². The molecule has 0 unspecified atom stereocenters. The van der Waals surface area contributed by atoms with Gasteiger partial charge in [-0.05, 0) is 118 Å². The second kappa shape index (κ2) is 15.6. The summed E-state index contributed by atoms with van der Waals surface area (Å²) in [5.41, 5.74) is 17.3. The molecule has 0 bridgehead atoms. The van der Waals surface area contributed by atoms with E-state index in [1.807, 2.05) is 11.3 Å². The molecule has 63 heavy (non-hydrogen) atoms. The van der Waals surface area contributed by atoms with Crippen molar-refractivity contribution in [3.63, 3.8) is 0 Å². The Morgan fingerprint density at radius 3 is 0.952 bits per heavy atom. The van der Waals surface area contributed by atoms with Gasteiger partial charge in [-0.2, -0.15) is 0 Å². The van der Waals surface area contributed by atoms with Crippen molar-refractivity contribution in [1.82, 2.24) is 0 Å². The van der Waals surface area contributed by atoms with Crippen molar-refractivity contribution < 1.29 is 0 Å². The minimum atomic E-state index is 1.21. The first-order valence-electron chi connectivity index (χ1n) is 21.6. The van der Waals surface area contributed by atoms with Crippen molar-refractivity contribution in [3.8, 4) is 77.9 Å². The van der Waals surface area contributed by atoms with Crippen molar-refractivity contribution >= 4 is 53.1 Å². The van der Waals surface area contributed by atoms with E-state index in [0.29, 0.717) is 0 Å². The summed E-state index contributed by atoms with van der Waals surface area (Å²) < 4.78 is 2.64. The Balaban J connectivity index is 0.835. The third kappa shape index (κ3) is 6.71. The average molecular weight is 817 g/mol. The van der Waals surface area contributed by atoms with E-state index < -0.39 is 0 Å². The second-order valence-corrected chi connectivity index (χ2v) is 17.4. The lowest BCUT2D eigenvalue weighted by atomic mass is 9.93. The summed E-state index contributed by atoms with van der Waals surface area (Å²) in [6.45, 7) is 0. The van der Waals surface area contributed by atoms with Gasteiger partial charge in [0, 0.05) is 20.2 Å². The third-order valence-electron chi connectivity index (χ3n) is 12.7. The van der Waals surface area contributed by atoms with Crippen LogP contribution in [0.25, 0.3) is 120 Å². The van der Waals surface area contributed by atoms with Gasteiger partial charge in [0.25, 0.3) is 0 Å². The molecule has 12 aromatic rings. The molecule has 0 aliphatic carbocycles. The van der Waals surface area contributed by atoms with E-state index in [9.17, 15) is 0 Å². The zero-order valence-corrected chi connectivity index (χ0v) is 35.3. The van der Waals surface area contributed by atoms with Gasteiger partial charge in [0.2, 0.25) is 0 Å². The number of thiophene rings is 1. The molecule has 11 aromatic carbocycles. The normalized spacial score (nSPS) is 11.5. The third-order valence-corrected chi connectivity index (χ3v) is 14.0. The molecular weight excluding hydrogens is 777 g/mol. The monoisotopic (exact) mass is 816 g/mol. The van der Waals surface area contributed by atoms with Crippen molar-refractivity contribution in [2.75, 3.05) is 0 Å². The van der Waals surface area contributed by atoms with Crippen LogP contribution in [0.5, 0.6) is 0 Å². The molecule has 0 atom stereocenters. The number of fused-ring (bicyclic) bond motifs is 5. The maximum absolute atomic E-state index is 2.32. The first kappa shape index (κ1) is 37.0. The van der Waals surface area contributed by atoms with Gasteiger partial charge in [-0.3, -0.25) is 0 Å². The lowest BCUT2D eigenvalue weighted by Crippen LogP contribution is -1.85. The quantitative estimate of drug-likeness (QED) is 0.150. The van der Waals surface area contributed by atoms with Gasteiger partial charge >= 0.3 is 0 Å². The van der Waals surface area contributed by atoms with E-state index in [1.54, 1.807) is 0 Å². The van der Waals surface area contributed by atoms with Crippen LogP contribution in [0.1, 0.15) is 0 Å². The highest BCUT2D eigenvalue weighted by atomic mass is 32.1. The highest BCUT2D eigenvalue weighted by Crippen LogP contribution is 2.44. The molecule has 0 fully saturated rings. The SMILES string of the molecule is c1cc(-c2ccc(-c3cccc4c3sc3c(-c5ccc(-c6cccc(-c7cccc8ccccc78)c6)cc5)cccc34)cc2)cc(-c2cccc(-c3cccc4ccccc34)c2)c1. The van der Waals surface area contributed by atoms with Gasteiger partial charge in [-0.15, -0.1) is 11.3 Å². The molecule has 294 valence electrons. The average Bonchev–Trinajstić information content (AvgIpc) is 3.76. The van der Waals surface area contributed by atoms with Crippen molar-refractivity contribution in [1.29, 1.82) is 0 Å². The fraction of sp³-hybridized carbons (Fsp3) is 0. The summed E-state index contributed by atoms with van der Waals surface area (Å²) in [7, 11) is 0. The first-order chi connectivity index (χ1) is 31.2. The molecule has 0 spiro atoms. The summed E-state index contributed by atoms with van der Waals surface area (Å²) in [5, 5.41) is 7.69. The molecule has 0 N–H and O–H groups in total. The number of hydrogen-bond acceptors (Lipinski definition) is 1. The minimum absolute atomic E-state index is 1.21. The second-order valence-electron chi connectivity index (χ2n) is 16.4. The van der Waals surface area contributed by atoms with Crippen molar-refractivity contribution in [2.24, 2.45) is 0 Å². The van der Waals surface area contributed by atoms with Crippen LogP contribution >= 0.6 is 11.3 Å². The summed E-state index contributed by atoms with van der Waals surface area (Å²) in [5.74, 6) is 0. The van der Waals surface area contributed by atoms with Gasteiger partial charge in [-0.1, -0.05) is 224 Å². The summed E-state index contributed by atoms with van der Waals surface area (Å²) in [6.07, 6.45) is 0. The van der Waals surface area contributed by atoms with E-state index in [4.69, 9.17) is 0 Å². The van der Waals surface area contributed by atoms with Crippen LogP contribution in [0, 0.1) is 0 Å². The standard InChI is InChI=1S/C62H40S/c1-3-22-53-43(12-1)14-8-24-55(53)51-20-6-17-48(39-51)42-32-36-46(37-33-42)58-27-11-29-60-59-28-10-26-57(61(59)63-62(58)60)45-34-30-41(31-35-45)47-16-5-18-49(38-47)50-19-7-21-52(40-50)56-25-9-15-44-13-2-4-23-54(44)56/h1-40H. The minimum Gasteiger partial charge on any atom is -0.134 e. The molecule has 12 rings (SSSR count). The van der Waals surface area contributed by atoms with Crippen LogP contribution in [-0.2, 0) is 0 Å². The lowest BCUT2D eigenvalue weighted by Gasteiger charge is -2.11. The molecule has 0 radical (unpaired) electrons. The predicted octanol–water partition coefficient (Wildman–Crippen LogP) is 18.0. The Labute approximate surface area is 371 Å². The maximum atomic E-state index is 2.32.